The summed E-state index contributed by atoms with van der Waals surface area (Å²) < 4.78 is 18.7. The lowest BCUT2D eigenvalue weighted by Gasteiger charge is -2.07. The molecule has 2 N–H and O–H groups in total. The molecule has 0 saturated heterocycles. The Kier molecular flexibility index (Phi) is 6.66. The molecule has 0 spiro atoms. The summed E-state index contributed by atoms with van der Waals surface area (Å²) in [6.07, 6.45) is 0.506. The fourth-order valence-corrected chi connectivity index (χ4v) is 1.63. The van der Waals surface area contributed by atoms with Gasteiger partial charge in [-0.25, -0.2) is 4.39 Å². The molecule has 0 saturated carbocycles. The third-order valence-corrected chi connectivity index (χ3v) is 2.58. The van der Waals surface area contributed by atoms with E-state index in [9.17, 15) is 14.0 Å². The molecule has 0 aromatic heterocycles. The number of nitrogens with one attached hydrogen (secondary N) is 1. The van der Waals surface area contributed by atoms with Crippen LogP contribution in [0.15, 0.2) is 18.2 Å². The minimum atomic E-state index is -1.10. The minimum absolute atomic E-state index is 0.0897. The number of carboxylic acid groups (broad SMARTS) is 1. The van der Waals surface area contributed by atoms with Crippen LogP contribution in [0.3, 0.4) is 0 Å². The molecular formula is C14H18FNO4. The van der Waals surface area contributed by atoms with Crippen molar-refractivity contribution in [2.45, 2.75) is 26.2 Å². The molecule has 6 heteroatoms. The van der Waals surface area contributed by atoms with Crippen LogP contribution in [0.5, 0.6) is 0 Å². The lowest BCUT2D eigenvalue weighted by Crippen LogP contribution is -2.13. The second kappa shape index (κ2) is 8.27. The van der Waals surface area contributed by atoms with Crippen LogP contribution in [-0.2, 0) is 20.7 Å². The molecule has 1 aromatic carbocycles. The molecule has 0 heterocycles. The number of hydrogen-bond donors (Lipinski definition) is 2. The molecule has 5 nitrogen and oxygen atoms in total. The van der Waals surface area contributed by atoms with Gasteiger partial charge in [-0.15, -0.1) is 0 Å². The molecule has 0 aliphatic carbocycles. The van der Waals surface area contributed by atoms with Crippen LogP contribution < -0.4 is 5.32 Å². The average molecular weight is 283 g/mol. The third kappa shape index (κ3) is 5.79. The number of carbonyl (C=O) groups excluding carboxylic acids is 1. The highest BCUT2D eigenvalue weighted by Gasteiger charge is 2.09. The van der Waals surface area contributed by atoms with E-state index in [1.54, 1.807) is 0 Å². The summed E-state index contributed by atoms with van der Waals surface area (Å²) >= 11 is 0. The lowest BCUT2D eigenvalue weighted by atomic mass is 10.1. The van der Waals surface area contributed by atoms with Crippen LogP contribution in [0.4, 0.5) is 10.1 Å². The lowest BCUT2D eigenvalue weighted by molar-refractivity contribution is -0.136. The van der Waals surface area contributed by atoms with Gasteiger partial charge in [-0.1, -0.05) is 6.07 Å². The number of halogens is 1. The van der Waals surface area contributed by atoms with Gasteiger partial charge >= 0.3 is 5.97 Å². The zero-order valence-corrected chi connectivity index (χ0v) is 11.3. The molecule has 0 unspecified atom stereocenters. The van der Waals surface area contributed by atoms with Crippen molar-refractivity contribution in [2.24, 2.45) is 0 Å². The molecule has 1 amide bonds. The van der Waals surface area contributed by atoms with E-state index in [1.165, 1.54) is 12.1 Å². The van der Waals surface area contributed by atoms with E-state index < -0.39 is 11.8 Å². The number of carboxylic acids is 1. The Hall–Kier alpha value is -1.95. The first-order valence-corrected chi connectivity index (χ1v) is 6.40. The smallest absolute Gasteiger partial charge is 0.307 e. The van der Waals surface area contributed by atoms with Gasteiger partial charge < -0.3 is 15.2 Å². The van der Waals surface area contributed by atoms with Crippen molar-refractivity contribution in [3.05, 3.63) is 29.6 Å². The Bertz CT molecular complexity index is 476. The molecule has 0 atom stereocenters. The first-order chi connectivity index (χ1) is 9.52. The van der Waals surface area contributed by atoms with Gasteiger partial charge in [0.2, 0.25) is 5.91 Å². The van der Waals surface area contributed by atoms with Crippen LogP contribution in [0.1, 0.15) is 25.3 Å². The molecule has 1 aromatic rings. The van der Waals surface area contributed by atoms with Crippen LogP contribution in [-0.4, -0.2) is 30.2 Å². The Morgan fingerprint density at radius 1 is 1.40 bits per heavy atom. The van der Waals surface area contributed by atoms with Gasteiger partial charge in [0.25, 0.3) is 0 Å². The molecule has 0 aliphatic heterocycles. The Morgan fingerprint density at radius 2 is 2.15 bits per heavy atom. The number of anilines is 1. The maximum absolute atomic E-state index is 13.6. The van der Waals surface area contributed by atoms with E-state index in [0.717, 1.165) is 6.07 Å². The van der Waals surface area contributed by atoms with E-state index in [4.69, 9.17) is 9.84 Å². The van der Waals surface area contributed by atoms with Crippen molar-refractivity contribution in [1.29, 1.82) is 0 Å². The quantitative estimate of drug-likeness (QED) is 0.717. The summed E-state index contributed by atoms with van der Waals surface area (Å²) in [5.74, 6) is -1.97. The van der Waals surface area contributed by atoms with Crippen molar-refractivity contribution in [2.75, 3.05) is 18.5 Å². The fraction of sp³-hybridized carbons (Fsp3) is 0.429. The third-order valence-electron chi connectivity index (χ3n) is 2.58. The molecular weight excluding hydrogens is 265 g/mol. The van der Waals surface area contributed by atoms with Crippen molar-refractivity contribution in [3.63, 3.8) is 0 Å². The number of benzene rings is 1. The maximum Gasteiger partial charge on any atom is 0.307 e. The van der Waals surface area contributed by atoms with Gasteiger partial charge in [-0.05, 0) is 31.0 Å². The molecule has 0 bridgehead atoms. The van der Waals surface area contributed by atoms with Gasteiger partial charge in [0.1, 0.15) is 5.82 Å². The zero-order valence-electron chi connectivity index (χ0n) is 11.3. The van der Waals surface area contributed by atoms with Gasteiger partial charge in [0.15, 0.2) is 0 Å². The summed E-state index contributed by atoms with van der Waals surface area (Å²) in [6.45, 7) is 3.00. The number of hydrogen-bond acceptors (Lipinski definition) is 3. The Morgan fingerprint density at radius 3 is 2.75 bits per heavy atom. The Balaban J connectivity index is 2.50. The first kappa shape index (κ1) is 16.1. The normalized spacial score (nSPS) is 10.3. The number of rotatable bonds is 8. The number of ether oxygens (including phenoxy) is 1. The maximum atomic E-state index is 13.6. The van der Waals surface area contributed by atoms with E-state index in [-0.39, 0.29) is 17.9 Å². The van der Waals surface area contributed by atoms with Gasteiger partial charge in [-0.2, -0.15) is 0 Å². The van der Waals surface area contributed by atoms with Crippen molar-refractivity contribution >= 4 is 17.6 Å². The zero-order chi connectivity index (χ0) is 15.0. The summed E-state index contributed by atoms with van der Waals surface area (Å²) in [5, 5.41) is 11.2. The number of carbonyl (C=O) groups is 2. The van der Waals surface area contributed by atoms with Crippen molar-refractivity contribution in [1.82, 2.24) is 0 Å². The molecule has 20 heavy (non-hydrogen) atoms. The van der Waals surface area contributed by atoms with Crippen LogP contribution >= 0.6 is 0 Å². The number of aliphatic carboxylic acids is 1. The topological polar surface area (TPSA) is 75.6 Å². The highest BCUT2D eigenvalue weighted by atomic mass is 19.1. The van der Waals surface area contributed by atoms with E-state index in [1.807, 2.05) is 6.92 Å². The van der Waals surface area contributed by atoms with Gasteiger partial charge in [0.05, 0.1) is 6.42 Å². The largest absolute Gasteiger partial charge is 0.481 e. The molecule has 1 rings (SSSR count). The average Bonchev–Trinajstić information content (AvgIpc) is 2.37. The summed E-state index contributed by atoms with van der Waals surface area (Å²) in [5.41, 5.74) is 0.407. The fourth-order valence-electron chi connectivity index (χ4n) is 1.63. The van der Waals surface area contributed by atoms with E-state index in [0.29, 0.717) is 31.7 Å². The predicted octanol–water partition coefficient (Wildman–Crippen LogP) is 2.21. The van der Waals surface area contributed by atoms with Gasteiger partial charge in [0, 0.05) is 25.3 Å². The van der Waals surface area contributed by atoms with Gasteiger partial charge in [-0.3, -0.25) is 9.59 Å². The van der Waals surface area contributed by atoms with Crippen LogP contribution in [0, 0.1) is 5.82 Å². The highest BCUT2D eigenvalue weighted by Crippen LogP contribution is 2.15. The summed E-state index contributed by atoms with van der Waals surface area (Å²) in [7, 11) is 0. The van der Waals surface area contributed by atoms with Crippen LogP contribution in [0.25, 0.3) is 0 Å². The Labute approximate surface area is 116 Å². The van der Waals surface area contributed by atoms with Crippen LogP contribution in [0.2, 0.25) is 0 Å². The van der Waals surface area contributed by atoms with Crippen molar-refractivity contribution in [3.8, 4) is 0 Å². The van der Waals surface area contributed by atoms with E-state index in [2.05, 4.69) is 5.32 Å². The molecule has 0 fully saturated rings. The monoisotopic (exact) mass is 283 g/mol. The second-order valence-electron chi connectivity index (χ2n) is 4.23. The summed E-state index contributed by atoms with van der Waals surface area (Å²) in [6, 6.07) is 3.97. The van der Waals surface area contributed by atoms with Crippen molar-refractivity contribution < 1.29 is 23.8 Å². The SMILES string of the molecule is CCOCCCC(=O)Nc1ccc(CC(=O)O)c(F)c1. The predicted molar refractivity (Wildman–Crippen MR) is 72.1 cm³/mol. The summed E-state index contributed by atoms with van der Waals surface area (Å²) in [4.78, 5) is 22.1. The molecule has 0 aliphatic rings. The molecule has 110 valence electrons. The second-order valence-corrected chi connectivity index (χ2v) is 4.23. The standard InChI is InChI=1S/C14H18FNO4/c1-2-20-7-3-4-13(17)16-11-6-5-10(8-14(18)19)12(15)9-11/h5-6,9H,2-4,7-8H2,1H3,(H,16,17)(H,18,19). The van der Waals surface area contributed by atoms with E-state index >= 15 is 0 Å². The minimum Gasteiger partial charge on any atom is -0.481 e. The number of amides is 1. The first-order valence-electron chi connectivity index (χ1n) is 6.40. The highest BCUT2D eigenvalue weighted by molar-refractivity contribution is 5.90. The molecule has 0 radical (unpaired) electrons.